The van der Waals surface area contributed by atoms with Gasteiger partial charge in [0, 0.05) is 5.69 Å². The maximum Gasteiger partial charge on any atom is 0.329 e. The van der Waals surface area contributed by atoms with E-state index in [1.807, 2.05) is 38.1 Å². The fourth-order valence-corrected chi connectivity index (χ4v) is 4.05. The van der Waals surface area contributed by atoms with Crippen molar-refractivity contribution in [3.05, 3.63) is 57.0 Å². The average Bonchev–Trinajstić information content (AvgIpc) is 3.06. The molecule has 2 unspecified atom stereocenters. The molecular weight excluding hydrogens is 402 g/mol. The third-order valence-corrected chi connectivity index (χ3v) is 6.32. The molecule has 0 saturated carbocycles. The van der Waals surface area contributed by atoms with Crippen LogP contribution in [0, 0.1) is 13.8 Å². The first-order valence-electron chi connectivity index (χ1n) is 9.82. The number of benzene rings is 1. The molecule has 1 aromatic carbocycles. The van der Waals surface area contributed by atoms with E-state index in [4.69, 9.17) is 4.74 Å². The number of carbonyl (C=O) groups excluding carboxylic acids is 2. The summed E-state index contributed by atoms with van der Waals surface area (Å²) in [6.07, 6.45) is 1.80. The van der Waals surface area contributed by atoms with Gasteiger partial charge in [0.15, 0.2) is 0 Å². The lowest BCUT2D eigenvalue weighted by Gasteiger charge is -2.17. The molecule has 2 atom stereocenters. The molecule has 30 heavy (non-hydrogen) atoms. The number of esters is 1. The van der Waals surface area contributed by atoms with Crippen LogP contribution in [0.15, 0.2) is 35.4 Å². The molecule has 0 aliphatic rings. The highest BCUT2D eigenvalue weighted by Gasteiger charge is 2.24. The Balaban J connectivity index is 1.96. The Kier molecular flexibility index (Phi) is 6.36. The van der Waals surface area contributed by atoms with Crippen molar-refractivity contribution >= 4 is 39.1 Å². The summed E-state index contributed by atoms with van der Waals surface area (Å²) in [5.41, 5.74) is 1.84. The highest BCUT2D eigenvalue weighted by molar-refractivity contribution is 7.20. The van der Waals surface area contributed by atoms with E-state index in [9.17, 15) is 14.4 Å². The first-order chi connectivity index (χ1) is 14.2. The summed E-state index contributed by atoms with van der Waals surface area (Å²) in [4.78, 5) is 43.5. The summed E-state index contributed by atoms with van der Waals surface area (Å²) in [5, 5.41) is 3.24. The van der Waals surface area contributed by atoms with Gasteiger partial charge < -0.3 is 10.1 Å². The largest absolute Gasteiger partial charge is 0.461 e. The van der Waals surface area contributed by atoms with Gasteiger partial charge in [0.05, 0.1) is 22.7 Å². The number of ether oxygens (including phenoxy) is 1. The quantitative estimate of drug-likeness (QED) is 0.595. The van der Waals surface area contributed by atoms with Gasteiger partial charge in [0.25, 0.3) is 11.5 Å². The number of aromatic nitrogens is 2. The van der Waals surface area contributed by atoms with Gasteiger partial charge in [-0.05, 0) is 51.3 Å². The Morgan fingerprint density at radius 1 is 1.23 bits per heavy atom. The second-order valence-electron chi connectivity index (χ2n) is 7.29. The van der Waals surface area contributed by atoms with Crippen LogP contribution in [0.3, 0.4) is 0 Å². The minimum atomic E-state index is -0.813. The van der Waals surface area contributed by atoms with Gasteiger partial charge in [0.1, 0.15) is 10.9 Å². The van der Waals surface area contributed by atoms with Crippen molar-refractivity contribution in [1.82, 2.24) is 9.55 Å². The normalized spacial score (nSPS) is 13.1. The number of nitrogens with zero attached hydrogens (tertiary/aromatic N) is 2. The molecule has 8 heteroatoms. The van der Waals surface area contributed by atoms with Crippen LogP contribution in [0.5, 0.6) is 0 Å². The van der Waals surface area contributed by atoms with Crippen LogP contribution in [0.4, 0.5) is 5.69 Å². The van der Waals surface area contributed by atoms with Crippen molar-refractivity contribution in [3.8, 4) is 0 Å². The number of fused-ring (bicyclic) bond motifs is 1. The smallest absolute Gasteiger partial charge is 0.329 e. The molecule has 0 radical (unpaired) electrons. The maximum absolute atomic E-state index is 13.1. The molecule has 0 fully saturated rings. The van der Waals surface area contributed by atoms with Crippen LogP contribution in [-0.4, -0.2) is 27.5 Å². The number of thiophene rings is 1. The van der Waals surface area contributed by atoms with Gasteiger partial charge in [-0.15, -0.1) is 11.3 Å². The summed E-state index contributed by atoms with van der Waals surface area (Å²) < 4.78 is 6.61. The van der Waals surface area contributed by atoms with E-state index in [1.165, 1.54) is 10.9 Å². The lowest BCUT2D eigenvalue weighted by atomic mass is 10.1. The number of hydrogen-bond acceptors (Lipinski definition) is 6. The zero-order valence-electron chi connectivity index (χ0n) is 17.7. The number of hydrogen-bond donors (Lipinski definition) is 1. The molecule has 3 rings (SSSR count). The Morgan fingerprint density at radius 3 is 2.60 bits per heavy atom. The topological polar surface area (TPSA) is 90.3 Å². The molecule has 0 aliphatic heterocycles. The fourth-order valence-electron chi connectivity index (χ4n) is 3.02. The van der Waals surface area contributed by atoms with Crippen LogP contribution >= 0.6 is 11.3 Å². The predicted molar refractivity (Wildman–Crippen MR) is 118 cm³/mol. The number of para-hydroxylation sites is 1. The Bertz CT molecular complexity index is 1160. The van der Waals surface area contributed by atoms with E-state index in [2.05, 4.69) is 10.3 Å². The van der Waals surface area contributed by atoms with Crippen LogP contribution < -0.4 is 10.9 Å². The summed E-state index contributed by atoms with van der Waals surface area (Å²) in [6.45, 7) is 8.96. The second kappa shape index (κ2) is 8.79. The zero-order chi connectivity index (χ0) is 22.0. The summed E-state index contributed by atoms with van der Waals surface area (Å²) >= 11 is 1.16. The molecule has 0 spiro atoms. The summed E-state index contributed by atoms with van der Waals surface area (Å²) in [5.74, 6) is -0.780. The van der Waals surface area contributed by atoms with Crippen molar-refractivity contribution in [1.29, 1.82) is 0 Å². The number of rotatable bonds is 6. The van der Waals surface area contributed by atoms with E-state index >= 15 is 0 Å². The van der Waals surface area contributed by atoms with Gasteiger partial charge >= 0.3 is 5.97 Å². The number of aryl methyl sites for hydroxylation is 2. The number of nitrogens with one attached hydrogen (secondary N) is 1. The number of carbonyl (C=O) groups is 2. The molecule has 0 bridgehead atoms. The standard InChI is InChI=1S/C22H25N3O4S/c1-6-13(3)29-22(28)15(5)25-11-23-20-17(21(25)27)14(4)18(30-20)19(26)24-16-10-8-7-9-12(16)2/h7-11,13,15H,6H2,1-5H3,(H,24,26). The molecule has 2 heterocycles. The highest BCUT2D eigenvalue weighted by Crippen LogP contribution is 2.28. The van der Waals surface area contributed by atoms with Crippen molar-refractivity contribution < 1.29 is 14.3 Å². The summed E-state index contributed by atoms with van der Waals surface area (Å²) in [6, 6.07) is 6.67. The third kappa shape index (κ3) is 4.14. The van der Waals surface area contributed by atoms with Gasteiger partial charge in [-0.1, -0.05) is 25.1 Å². The minimum absolute atomic E-state index is 0.230. The van der Waals surface area contributed by atoms with Crippen molar-refractivity contribution in [3.63, 3.8) is 0 Å². The Hall–Kier alpha value is -3.00. The van der Waals surface area contributed by atoms with Crippen LogP contribution in [0.1, 0.15) is 54.0 Å². The van der Waals surface area contributed by atoms with Gasteiger partial charge in [0.2, 0.25) is 0 Å². The first kappa shape index (κ1) is 21.7. The lowest BCUT2D eigenvalue weighted by molar-refractivity contribution is -0.152. The van der Waals surface area contributed by atoms with E-state index < -0.39 is 12.0 Å². The second-order valence-corrected chi connectivity index (χ2v) is 8.29. The lowest BCUT2D eigenvalue weighted by Crippen LogP contribution is -2.31. The maximum atomic E-state index is 13.1. The third-order valence-electron chi connectivity index (χ3n) is 5.13. The van der Waals surface area contributed by atoms with Crippen molar-refractivity contribution in [2.45, 2.75) is 53.2 Å². The average molecular weight is 428 g/mol. The molecule has 1 amide bonds. The van der Waals surface area contributed by atoms with Crippen molar-refractivity contribution in [2.24, 2.45) is 0 Å². The molecule has 3 aromatic rings. The predicted octanol–water partition coefficient (Wildman–Crippen LogP) is 4.23. The molecular formula is C22H25N3O4S. The zero-order valence-corrected chi connectivity index (χ0v) is 18.5. The molecule has 158 valence electrons. The van der Waals surface area contributed by atoms with E-state index in [-0.39, 0.29) is 17.6 Å². The van der Waals surface area contributed by atoms with Crippen molar-refractivity contribution in [2.75, 3.05) is 5.32 Å². The van der Waals surface area contributed by atoms with E-state index in [0.717, 1.165) is 16.9 Å². The van der Waals surface area contributed by atoms with Gasteiger partial charge in [-0.25, -0.2) is 9.78 Å². The summed E-state index contributed by atoms with van der Waals surface area (Å²) in [7, 11) is 0. The Labute approximate surface area is 178 Å². The number of anilines is 1. The molecule has 2 aromatic heterocycles. The number of amides is 1. The van der Waals surface area contributed by atoms with Crippen LogP contribution in [0.25, 0.3) is 10.2 Å². The molecule has 0 aliphatic carbocycles. The molecule has 1 N–H and O–H groups in total. The van der Waals surface area contributed by atoms with E-state index in [0.29, 0.717) is 32.8 Å². The Morgan fingerprint density at radius 2 is 1.93 bits per heavy atom. The van der Waals surface area contributed by atoms with Crippen LogP contribution in [0.2, 0.25) is 0 Å². The highest BCUT2D eigenvalue weighted by atomic mass is 32.1. The van der Waals surface area contributed by atoms with Gasteiger partial charge in [-0.3, -0.25) is 14.2 Å². The minimum Gasteiger partial charge on any atom is -0.461 e. The first-order valence-corrected chi connectivity index (χ1v) is 10.6. The monoisotopic (exact) mass is 427 g/mol. The van der Waals surface area contributed by atoms with Crippen LogP contribution in [-0.2, 0) is 9.53 Å². The fraction of sp³-hybridized carbons (Fsp3) is 0.364. The van der Waals surface area contributed by atoms with Gasteiger partial charge in [-0.2, -0.15) is 0 Å². The van der Waals surface area contributed by atoms with E-state index in [1.54, 1.807) is 20.8 Å². The molecule has 0 saturated heterocycles. The SMILES string of the molecule is CCC(C)OC(=O)C(C)n1cnc2sc(C(=O)Nc3ccccc3C)c(C)c2c1=O. The molecule has 7 nitrogen and oxygen atoms in total.